The first-order valence-electron chi connectivity index (χ1n) is 8.89. The van der Waals surface area contributed by atoms with Crippen LogP contribution < -0.4 is 4.90 Å². The van der Waals surface area contributed by atoms with Gasteiger partial charge >= 0.3 is 6.18 Å². The molecular weight excluding hydrogens is 315 g/mol. The fourth-order valence-electron chi connectivity index (χ4n) is 5.28. The molecule has 4 unspecified atom stereocenters. The molecule has 1 aliphatic heterocycles. The highest BCUT2D eigenvalue weighted by atomic mass is 19.4. The number of likely N-dealkylation sites (tertiary alicyclic amines) is 1. The third-order valence-corrected chi connectivity index (χ3v) is 6.73. The lowest BCUT2D eigenvalue weighted by atomic mass is 9.70. The van der Waals surface area contributed by atoms with E-state index >= 15 is 0 Å². The van der Waals surface area contributed by atoms with Gasteiger partial charge in [-0.2, -0.15) is 13.2 Å². The molecule has 2 heterocycles. The maximum atomic E-state index is 12.8. The Hall–Kier alpha value is -1.30. The number of anilines is 1. The van der Waals surface area contributed by atoms with Crippen molar-refractivity contribution in [1.82, 2.24) is 9.88 Å². The molecule has 1 aromatic heterocycles. The van der Waals surface area contributed by atoms with Crippen LogP contribution in [0.2, 0.25) is 0 Å². The summed E-state index contributed by atoms with van der Waals surface area (Å²) >= 11 is 0. The number of rotatable bonds is 4. The van der Waals surface area contributed by atoms with Crippen molar-refractivity contribution in [3.8, 4) is 0 Å². The van der Waals surface area contributed by atoms with Crippen molar-refractivity contribution in [2.45, 2.75) is 43.9 Å². The average Bonchev–Trinajstić information content (AvgIpc) is 3.38. The zero-order chi connectivity index (χ0) is 16.7. The molecule has 0 aromatic carbocycles. The van der Waals surface area contributed by atoms with Gasteiger partial charge in [0.1, 0.15) is 5.82 Å². The van der Waals surface area contributed by atoms with Crippen molar-refractivity contribution in [3.63, 3.8) is 0 Å². The van der Waals surface area contributed by atoms with Crippen LogP contribution in [0.4, 0.5) is 19.0 Å². The van der Waals surface area contributed by atoms with E-state index in [1.54, 1.807) is 6.07 Å². The number of pyridine rings is 1. The second-order valence-electron chi connectivity index (χ2n) is 8.29. The van der Waals surface area contributed by atoms with Crippen LogP contribution in [0, 0.1) is 17.3 Å². The van der Waals surface area contributed by atoms with E-state index in [1.807, 2.05) is 0 Å². The zero-order valence-electron chi connectivity index (χ0n) is 13.8. The topological polar surface area (TPSA) is 19.4 Å². The first kappa shape index (κ1) is 15.0. The van der Waals surface area contributed by atoms with Crippen molar-refractivity contribution < 1.29 is 13.2 Å². The van der Waals surface area contributed by atoms with E-state index in [1.165, 1.54) is 38.3 Å². The van der Waals surface area contributed by atoms with E-state index < -0.39 is 11.7 Å². The molecule has 5 rings (SSSR count). The van der Waals surface area contributed by atoms with Gasteiger partial charge in [0.25, 0.3) is 0 Å². The second-order valence-corrected chi connectivity index (χ2v) is 8.29. The highest BCUT2D eigenvalue weighted by Crippen LogP contribution is 2.71. The van der Waals surface area contributed by atoms with Crippen LogP contribution in [0.15, 0.2) is 18.3 Å². The van der Waals surface area contributed by atoms with Gasteiger partial charge in [-0.25, -0.2) is 4.98 Å². The molecule has 4 aliphatic rings. The number of halogens is 3. The molecule has 130 valence electrons. The van der Waals surface area contributed by atoms with Gasteiger partial charge in [-0.3, -0.25) is 0 Å². The first-order chi connectivity index (χ1) is 11.4. The molecule has 1 aromatic rings. The minimum atomic E-state index is -4.32. The molecule has 3 aliphatic carbocycles. The van der Waals surface area contributed by atoms with Gasteiger partial charge in [0.15, 0.2) is 0 Å². The molecule has 0 bridgehead atoms. The summed E-state index contributed by atoms with van der Waals surface area (Å²) in [6, 6.07) is 3.71. The van der Waals surface area contributed by atoms with Gasteiger partial charge in [0.05, 0.1) is 5.56 Å². The van der Waals surface area contributed by atoms with Gasteiger partial charge in [-0.15, -0.1) is 0 Å². The summed E-state index contributed by atoms with van der Waals surface area (Å²) in [6.07, 6.45) is 1.66. The quantitative estimate of drug-likeness (QED) is 0.839. The molecule has 3 saturated carbocycles. The molecule has 0 amide bonds. The molecular formula is C18H22F3N3. The highest BCUT2D eigenvalue weighted by molar-refractivity contribution is 5.46. The summed E-state index contributed by atoms with van der Waals surface area (Å²) < 4.78 is 38.4. The molecule has 0 radical (unpaired) electrons. The van der Waals surface area contributed by atoms with E-state index in [4.69, 9.17) is 0 Å². The minimum absolute atomic E-state index is 0.410. The normalized spacial score (nSPS) is 37.6. The number of aromatic nitrogens is 1. The summed E-state index contributed by atoms with van der Waals surface area (Å²) in [5.74, 6) is 2.26. The first-order valence-corrected chi connectivity index (χ1v) is 8.89. The van der Waals surface area contributed by atoms with Crippen molar-refractivity contribution in [2.24, 2.45) is 17.3 Å². The fraction of sp³-hybridized carbons (Fsp3) is 0.722. The van der Waals surface area contributed by atoms with Crippen LogP contribution in [0.25, 0.3) is 0 Å². The largest absolute Gasteiger partial charge is 0.417 e. The Bertz CT molecular complexity index is 654. The average molecular weight is 337 g/mol. The number of hydrogen-bond acceptors (Lipinski definition) is 3. The third kappa shape index (κ3) is 2.11. The Morgan fingerprint density at radius 3 is 2.67 bits per heavy atom. The molecule has 0 N–H and O–H groups in total. The lowest BCUT2D eigenvalue weighted by Crippen LogP contribution is -2.62. The summed E-state index contributed by atoms with van der Waals surface area (Å²) in [5.41, 5.74) is -0.143. The lowest BCUT2D eigenvalue weighted by molar-refractivity contribution is -0.137. The van der Waals surface area contributed by atoms with Gasteiger partial charge in [-0.05, 0) is 62.1 Å². The predicted octanol–water partition coefficient (Wildman–Crippen LogP) is 3.41. The number of hydrogen-bond donors (Lipinski definition) is 0. The second kappa shape index (κ2) is 4.65. The van der Waals surface area contributed by atoms with E-state index in [2.05, 4.69) is 21.8 Å². The zero-order valence-corrected chi connectivity index (χ0v) is 13.8. The van der Waals surface area contributed by atoms with Crippen molar-refractivity contribution in [2.75, 3.05) is 25.0 Å². The van der Waals surface area contributed by atoms with Crippen molar-refractivity contribution >= 4 is 5.82 Å². The van der Waals surface area contributed by atoms with Crippen molar-refractivity contribution in [3.05, 3.63) is 23.9 Å². The minimum Gasteiger partial charge on any atom is -0.352 e. The number of alkyl halides is 3. The third-order valence-electron chi connectivity index (χ3n) is 6.73. The van der Waals surface area contributed by atoms with E-state index in [0.29, 0.717) is 29.2 Å². The Morgan fingerprint density at radius 2 is 2.08 bits per heavy atom. The molecule has 3 nitrogen and oxygen atoms in total. The standard InChI is InChI=1S/C18H22F3N3/c1-23-10-13-6-17(13)7-14(16(17)23)24(9-11-2-3-11)15-5-4-12(8-22-15)18(19,20)21/h4-5,8,11,13-14,16H,2-3,6-7,9-10H2,1H3. The van der Waals surface area contributed by atoms with Gasteiger partial charge in [0.2, 0.25) is 0 Å². The summed E-state index contributed by atoms with van der Waals surface area (Å²) in [7, 11) is 2.19. The SMILES string of the molecule is CN1CC2CC23CC(N(CC2CC2)c2ccc(C(F)(F)F)cn2)C13. The summed E-state index contributed by atoms with van der Waals surface area (Å²) in [4.78, 5) is 8.97. The van der Waals surface area contributed by atoms with E-state index in [0.717, 1.165) is 18.7 Å². The number of likely N-dealkylation sites (N-methyl/N-ethyl adjacent to an activating group) is 1. The van der Waals surface area contributed by atoms with E-state index in [9.17, 15) is 13.2 Å². The van der Waals surface area contributed by atoms with Gasteiger partial charge in [0, 0.05) is 31.4 Å². The Morgan fingerprint density at radius 1 is 1.29 bits per heavy atom. The highest BCUT2D eigenvalue weighted by Gasteiger charge is 2.74. The van der Waals surface area contributed by atoms with Gasteiger partial charge in [-0.1, -0.05) is 0 Å². The molecule has 6 heteroatoms. The maximum absolute atomic E-state index is 12.8. The summed E-state index contributed by atoms with van der Waals surface area (Å²) in [5, 5.41) is 0. The lowest BCUT2D eigenvalue weighted by Gasteiger charge is -2.52. The van der Waals surface area contributed by atoms with Crippen LogP contribution in [-0.4, -0.2) is 42.1 Å². The summed E-state index contributed by atoms with van der Waals surface area (Å²) in [6.45, 7) is 2.12. The Balaban J connectivity index is 1.41. The molecule has 4 fully saturated rings. The van der Waals surface area contributed by atoms with Crippen LogP contribution in [0.5, 0.6) is 0 Å². The molecule has 24 heavy (non-hydrogen) atoms. The molecule has 1 saturated heterocycles. The monoisotopic (exact) mass is 337 g/mol. The Kier molecular flexibility index (Phi) is 2.91. The van der Waals surface area contributed by atoms with Crippen molar-refractivity contribution in [1.29, 1.82) is 0 Å². The molecule has 1 spiro atoms. The fourth-order valence-corrected chi connectivity index (χ4v) is 5.28. The van der Waals surface area contributed by atoms with Gasteiger partial charge < -0.3 is 9.80 Å². The predicted molar refractivity (Wildman–Crippen MR) is 84.7 cm³/mol. The van der Waals surface area contributed by atoms with Crippen LogP contribution in [-0.2, 0) is 6.18 Å². The smallest absolute Gasteiger partial charge is 0.352 e. The van der Waals surface area contributed by atoms with E-state index in [-0.39, 0.29) is 0 Å². The molecule has 4 atom stereocenters. The number of nitrogens with zero attached hydrogens (tertiary/aromatic N) is 3. The van der Waals surface area contributed by atoms with Crippen LogP contribution in [0.3, 0.4) is 0 Å². The number of piperidine rings is 1. The van der Waals surface area contributed by atoms with Crippen LogP contribution >= 0.6 is 0 Å². The maximum Gasteiger partial charge on any atom is 0.417 e. The van der Waals surface area contributed by atoms with Crippen LogP contribution in [0.1, 0.15) is 31.2 Å². The Labute approximate surface area is 139 Å².